The van der Waals surface area contributed by atoms with E-state index in [1.54, 1.807) is 0 Å². The first-order chi connectivity index (χ1) is 10.7. The number of nitrogens with zero attached hydrogens (tertiary/aromatic N) is 2. The van der Waals surface area contributed by atoms with Gasteiger partial charge in [-0.2, -0.15) is 0 Å². The number of anilines is 2. The lowest BCUT2D eigenvalue weighted by Gasteiger charge is -2.10. The summed E-state index contributed by atoms with van der Waals surface area (Å²) in [5.74, 6) is -1.33. The fraction of sp³-hybridized carbons (Fsp3) is 0.154. The molecule has 122 valence electrons. The van der Waals surface area contributed by atoms with Gasteiger partial charge in [0.15, 0.2) is 0 Å². The van der Waals surface area contributed by atoms with Crippen molar-refractivity contribution in [3.05, 3.63) is 53.0 Å². The van der Waals surface area contributed by atoms with Crippen LogP contribution in [0.1, 0.15) is 0 Å². The maximum atomic E-state index is 13.5. The van der Waals surface area contributed by atoms with Crippen LogP contribution in [0.2, 0.25) is 0 Å². The van der Waals surface area contributed by atoms with Crippen LogP contribution < -0.4 is 15.7 Å². The number of nitrogens with one attached hydrogen (secondary N) is 2. The molecule has 0 atom stereocenters. The van der Waals surface area contributed by atoms with E-state index in [0.717, 1.165) is 23.0 Å². The Morgan fingerprint density at radius 2 is 2.13 bits per heavy atom. The zero-order valence-corrected chi connectivity index (χ0v) is 12.8. The molecule has 0 aliphatic carbocycles. The fourth-order valence-corrected chi connectivity index (χ4v) is 2.30. The Labute approximate surface area is 131 Å². The van der Waals surface area contributed by atoms with Crippen LogP contribution in [-0.4, -0.2) is 30.1 Å². The minimum absolute atomic E-state index is 0.180. The number of hydrogen-bond acceptors (Lipinski definition) is 5. The second-order valence-corrected chi connectivity index (χ2v) is 6.40. The van der Waals surface area contributed by atoms with E-state index < -0.39 is 27.4 Å². The number of hydrogen-bond donors (Lipinski definition) is 2. The van der Waals surface area contributed by atoms with Gasteiger partial charge in [-0.25, -0.2) is 22.6 Å². The van der Waals surface area contributed by atoms with E-state index >= 15 is 0 Å². The summed E-state index contributed by atoms with van der Waals surface area (Å²) in [4.78, 5) is 26.8. The van der Waals surface area contributed by atoms with Gasteiger partial charge < -0.3 is 5.32 Å². The van der Waals surface area contributed by atoms with Crippen LogP contribution in [0.3, 0.4) is 0 Å². The summed E-state index contributed by atoms with van der Waals surface area (Å²) in [7, 11) is -3.66. The van der Waals surface area contributed by atoms with Gasteiger partial charge in [0.25, 0.3) is 0 Å². The summed E-state index contributed by atoms with van der Waals surface area (Å²) < 4.78 is 38.9. The van der Waals surface area contributed by atoms with E-state index in [2.05, 4.69) is 10.3 Å². The highest BCUT2D eigenvalue weighted by Gasteiger charge is 2.11. The highest BCUT2D eigenvalue weighted by molar-refractivity contribution is 7.92. The van der Waals surface area contributed by atoms with Crippen molar-refractivity contribution in [1.82, 2.24) is 9.55 Å². The predicted molar refractivity (Wildman–Crippen MR) is 82.0 cm³/mol. The average molecular weight is 340 g/mol. The van der Waals surface area contributed by atoms with Crippen molar-refractivity contribution in [2.24, 2.45) is 0 Å². The van der Waals surface area contributed by atoms with Crippen molar-refractivity contribution in [2.75, 3.05) is 16.3 Å². The van der Waals surface area contributed by atoms with Crippen molar-refractivity contribution >= 4 is 27.3 Å². The predicted octanol–water partition coefficient (Wildman–Crippen LogP) is 0.393. The number of carbonyl (C=O) groups excluding carboxylic acids is 1. The fourth-order valence-electron chi connectivity index (χ4n) is 1.74. The Bertz CT molecular complexity index is 895. The summed E-state index contributed by atoms with van der Waals surface area (Å²) in [5, 5.41) is 2.44. The molecule has 0 unspecified atom stereocenters. The second kappa shape index (κ2) is 6.57. The van der Waals surface area contributed by atoms with E-state index in [4.69, 9.17) is 0 Å². The van der Waals surface area contributed by atoms with Crippen LogP contribution in [0.4, 0.5) is 15.8 Å². The molecule has 23 heavy (non-hydrogen) atoms. The molecule has 8 nitrogen and oxygen atoms in total. The molecule has 0 radical (unpaired) electrons. The molecule has 0 fully saturated rings. The minimum atomic E-state index is -3.66. The lowest BCUT2D eigenvalue weighted by molar-refractivity contribution is -0.116. The Morgan fingerprint density at radius 1 is 1.39 bits per heavy atom. The van der Waals surface area contributed by atoms with Crippen LogP contribution in [0.5, 0.6) is 0 Å². The summed E-state index contributed by atoms with van der Waals surface area (Å²) in [6.45, 7) is -0.279. The quantitative estimate of drug-likeness (QED) is 0.818. The van der Waals surface area contributed by atoms with Gasteiger partial charge in [-0.15, -0.1) is 0 Å². The normalized spacial score (nSPS) is 11.0. The van der Waals surface area contributed by atoms with Crippen LogP contribution in [-0.2, 0) is 21.4 Å². The first-order valence-electron chi connectivity index (χ1n) is 6.33. The molecule has 0 aliphatic rings. The van der Waals surface area contributed by atoms with Gasteiger partial charge in [-0.1, -0.05) is 0 Å². The Balaban J connectivity index is 2.14. The minimum Gasteiger partial charge on any atom is -0.324 e. The van der Waals surface area contributed by atoms with E-state index in [1.165, 1.54) is 24.5 Å². The molecule has 1 aromatic carbocycles. The van der Waals surface area contributed by atoms with Gasteiger partial charge in [0.1, 0.15) is 12.4 Å². The molecular weight excluding hydrogens is 327 g/mol. The van der Waals surface area contributed by atoms with Crippen LogP contribution >= 0.6 is 0 Å². The Morgan fingerprint density at radius 3 is 2.78 bits per heavy atom. The molecule has 0 bridgehead atoms. The second-order valence-electron chi connectivity index (χ2n) is 4.65. The third-order valence-electron chi connectivity index (χ3n) is 2.64. The van der Waals surface area contributed by atoms with E-state index in [1.807, 2.05) is 4.72 Å². The number of halogens is 1. The van der Waals surface area contributed by atoms with Gasteiger partial charge in [-0.05, 0) is 24.3 Å². The number of benzene rings is 1. The lowest BCUT2D eigenvalue weighted by atomic mass is 10.2. The lowest BCUT2D eigenvalue weighted by Crippen LogP contribution is -2.28. The van der Waals surface area contributed by atoms with Crippen LogP contribution in [0, 0.1) is 5.82 Å². The molecule has 2 aromatic rings. The van der Waals surface area contributed by atoms with Crippen LogP contribution in [0.25, 0.3) is 0 Å². The van der Waals surface area contributed by atoms with Gasteiger partial charge in [-0.3, -0.25) is 14.1 Å². The number of rotatable bonds is 5. The van der Waals surface area contributed by atoms with Crippen LogP contribution in [0.15, 0.2) is 41.5 Å². The monoisotopic (exact) mass is 340 g/mol. The summed E-state index contributed by atoms with van der Waals surface area (Å²) in [6.07, 6.45) is 3.59. The first-order valence-corrected chi connectivity index (χ1v) is 8.22. The SMILES string of the molecule is CS(=O)(=O)Nc1cc(NC(=O)Cn2cccnc2=O)ccc1F. The molecule has 2 N–H and O–H groups in total. The average Bonchev–Trinajstić information content (AvgIpc) is 2.43. The molecule has 1 amide bonds. The molecule has 1 heterocycles. The number of carbonyl (C=O) groups is 1. The Hall–Kier alpha value is -2.75. The zero-order chi connectivity index (χ0) is 17.0. The highest BCUT2D eigenvalue weighted by Crippen LogP contribution is 2.20. The summed E-state index contributed by atoms with van der Waals surface area (Å²) in [5.41, 5.74) is -0.690. The number of sulfonamides is 1. The standard InChI is InChI=1S/C13H13FN4O4S/c1-23(21,22)17-11-7-9(3-4-10(11)14)16-12(19)8-18-6-2-5-15-13(18)20/h2-7,17H,8H2,1H3,(H,16,19). The smallest absolute Gasteiger partial charge is 0.324 e. The zero-order valence-electron chi connectivity index (χ0n) is 12.0. The topological polar surface area (TPSA) is 110 Å². The van der Waals surface area contributed by atoms with E-state index in [9.17, 15) is 22.4 Å². The first kappa shape index (κ1) is 16.6. The summed E-state index contributed by atoms with van der Waals surface area (Å²) >= 11 is 0. The molecule has 1 aromatic heterocycles. The maximum absolute atomic E-state index is 13.5. The molecule has 0 saturated carbocycles. The largest absolute Gasteiger partial charge is 0.347 e. The highest BCUT2D eigenvalue weighted by atomic mass is 32.2. The maximum Gasteiger partial charge on any atom is 0.347 e. The van der Waals surface area contributed by atoms with E-state index in [-0.39, 0.29) is 17.9 Å². The molecule has 0 aliphatic heterocycles. The molecule has 0 saturated heterocycles. The van der Waals surface area contributed by atoms with Crippen molar-refractivity contribution in [3.63, 3.8) is 0 Å². The number of amides is 1. The van der Waals surface area contributed by atoms with Gasteiger partial charge in [0, 0.05) is 18.1 Å². The molecule has 10 heteroatoms. The van der Waals surface area contributed by atoms with Crippen molar-refractivity contribution in [1.29, 1.82) is 0 Å². The number of aromatic nitrogens is 2. The van der Waals surface area contributed by atoms with Gasteiger partial charge >= 0.3 is 5.69 Å². The van der Waals surface area contributed by atoms with Gasteiger partial charge in [0.2, 0.25) is 15.9 Å². The van der Waals surface area contributed by atoms with Crippen molar-refractivity contribution in [2.45, 2.75) is 6.54 Å². The van der Waals surface area contributed by atoms with Crippen molar-refractivity contribution < 1.29 is 17.6 Å². The third-order valence-corrected chi connectivity index (χ3v) is 3.23. The van der Waals surface area contributed by atoms with Crippen molar-refractivity contribution in [3.8, 4) is 0 Å². The summed E-state index contributed by atoms with van der Waals surface area (Å²) in [6, 6.07) is 4.92. The molecule has 2 rings (SSSR count). The molecule has 0 spiro atoms. The Kier molecular flexibility index (Phi) is 4.74. The van der Waals surface area contributed by atoms with Gasteiger partial charge in [0.05, 0.1) is 11.9 Å². The molecular formula is C13H13FN4O4S. The van der Waals surface area contributed by atoms with E-state index in [0.29, 0.717) is 0 Å². The third kappa shape index (κ3) is 4.88.